The zero-order valence-electron chi connectivity index (χ0n) is 14.4. The summed E-state index contributed by atoms with van der Waals surface area (Å²) in [5, 5.41) is 8.60. The van der Waals surface area contributed by atoms with Crippen LogP contribution in [0.2, 0.25) is 0 Å². The zero-order chi connectivity index (χ0) is 18.7. The molecule has 0 bridgehead atoms. The number of carboxylic acid groups (broad SMARTS) is 1. The lowest BCUT2D eigenvalue weighted by Crippen LogP contribution is -2.14. The number of carbonyl (C=O) groups is 1. The predicted octanol–water partition coefficient (Wildman–Crippen LogP) is 3.88. The van der Waals surface area contributed by atoms with E-state index in [1.54, 1.807) is 36.4 Å². The molecule has 0 amide bonds. The maximum Gasteiger partial charge on any atom is 0.328 e. The molecule has 6 heteroatoms. The Labute approximate surface area is 148 Å². The van der Waals surface area contributed by atoms with E-state index < -0.39 is 16.0 Å². The quantitative estimate of drug-likeness (QED) is 0.794. The minimum Gasteiger partial charge on any atom is -0.478 e. The maximum atomic E-state index is 12.5. The second-order valence-corrected chi connectivity index (χ2v) is 8.36. The van der Waals surface area contributed by atoms with E-state index in [9.17, 15) is 13.2 Å². The minimum absolute atomic E-state index is 0.0466. The molecule has 0 aliphatic rings. The number of hydrogen-bond donors (Lipinski definition) is 2. The van der Waals surface area contributed by atoms with Crippen LogP contribution in [0.15, 0.2) is 59.5 Å². The second kappa shape index (κ2) is 7.11. The Hall–Kier alpha value is -2.60. The van der Waals surface area contributed by atoms with Gasteiger partial charge < -0.3 is 5.11 Å². The van der Waals surface area contributed by atoms with Crippen LogP contribution in [0.3, 0.4) is 0 Å². The molecule has 25 heavy (non-hydrogen) atoms. The standard InChI is InChI=1S/C19H21NO4S/c1-19(2,3)15-7-11-17(12-8-15)25(23,24)20-16-9-4-14(5-10-16)6-13-18(21)22/h4-13,20H,1-3H3,(H,21,22)/b13-6+. The van der Waals surface area contributed by atoms with Gasteiger partial charge in [-0.15, -0.1) is 0 Å². The highest BCUT2D eigenvalue weighted by molar-refractivity contribution is 7.92. The average molecular weight is 359 g/mol. The van der Waals surface area contributed by atoms with Gasteiger partial charge in [0.25, 0.3) is 10.0 Å². The number of carboxylic acids is 1. The van der Waals surface area contributed by atoms with E-state index >= 15 is 0 Å². The van der Waals surface area contributed by atoms with Crippen LogP contribution in [0.1, 0.15) is 31.9 Å². The van der Waals surface area contributed by atoms with Gasteiger partial charge in [0.2, 0.25) is 0 Å². The highest BCUT2D eigenvalue weighted by Crippen LogP contribution is 2.24. The van der Waals surface area contributed by atoms with Crippen molar-refractivity contribution >= 4 is 27.8 Å². The van der Waals surface area contributed by atoms with Crippen LogP contribution in [0, 0.1) is 0 Å². The van der Waals surface area contributed by atoms with Crippen molar-refractivity contribution in [3.8, 4) is 0 Å². The van der Waals surface area contributed by atoms with Crippen molar-refractivity contribution in [3.63, 3.8) is 0 Å². The van der Waals surface area contributed by atoms with Gasteiger partial charge in [0.1, 0.15) is 0 Å². The van der Waals surface area contributed by atoms with Crippen molar-refractivity contribution in [2.75, 3.05) is 4.72 Å². The lowest BCUT2D eigenvalue weighted by atomic mass is 9.87. The molecular weight excluding hydrogens is 338 g/mol. The monoisotopic (exact) mass is 359 g/mol. The van der Waals surface area contributed by atoms with Gasteiger partial charge in [0, 0.05) is 11.8 Å². The molecule has 2 rings (SSSR count). The smallest absolute Gasteiger partial charge is 0.328 e. The molecule has 0 fully saturated rings. The molecule has 132 valence electrons. The number of anilines is 1. The van der Waals surface area contributed by atoms with Crippen molar-refractivity contribution < 1.29 is 18.3 Å². The molecule has 2 N–H and O–H groups in total. The molecule has 0 spiro atoms. The fourth-order valence-corrected chi connectivity index (χ4v) is 3.24. The van der Waals surface area contributed by atoms with E-state index in [0.717, 1.165) is 11.6 Å². The molecule has 5 nitrogen and oxygen atoms in total. The van der Waals surface area contributed by atoms with Gasteiger partial charge in [-0.1, -0.05) is 45.0 Å². The topological polar surface area (TPSA) is 83.5 Å². The van der Waals surface area contributed by atoms with Crippen LogP contribution in [-0.4, -0.2) is 19.5 Å². The number of rotatable bonds is 5. The molecule has 0 unspecified atom stereocenters. The van der Waals surface area contributed by atoms with E-state index in [0.29, 0.717) is 11.3 Å². The Balaban J connectivity index is 2.17. The van der Waals surface area contributed by atoms with Gasteiger partial charge in [-0.2, -0.15) is 0 Å². The van der Waals surface area contributed by atoms with Crippen LogP contribution >= 0.6 is 0 Å². The van der Waals surface area contributed by atoms with Crippen molar-refractivity contribution in [2.24, 2.45) is 0 Å². The average Bonchev–Trinajstić information content (AvgIpc) is 2.53. The van der Waals surface area contributed by atoms with E-state index in [1.165, 1.54) is 6.08 Å². The number of aliphatic carboxylic acids is 1. The van der Waals surface area contributed by atoms with E-state index in [4.69, 9.17) is 5.11 Å². The van der Waals surface area contributed by atoms with E-state index in [-0.39, 0.29) is 10.3 Å². The highest BCUT2D eigenvalue weighted by Gasteiger charge is 2.17. The van der Waals surface area contributed by atoms with Crippen molar-refractivity contribution in [1.82, 2.24) is 0 Å². The van der Waals surface area contributed by atoms with Gasteiger partial charge in [0.15, 0.2) is 0 Å². The van der Waals surface area contributed by atoms with Crippen LogP contribution in [0.5, 0.6) is 0 Å². The summed E-state index contributed by atoms with van der Waals surface area (Å²) in [5.74, 6) is -1.04. The van der Waals surface area contributed by atoms with Gasteiger partial charge in [-0.05, 0) is 46.9 Å². The lowest BCUT2D eigenvalue weighted by Gasteiger charge is -2.19. The van der Waals surface area contributed by atoms with E-state index in [2.05, 4.69) is 25.5 Å². The predicted molar refractivity (Wildman–Crippen MR) is 99.1 cm³/mol. The third-order valence-corrected chi connectivity index (χ3v) is 5.01. The fourth-order valence-electron chi connectivity index (χ4n) is 2.18. The van der Waals surface area contributed by atoms with Crippen LogP contribution < -0.4 is 4.72 Å². The van der Waals surface area contributed by atoms with Crippen LogP contribution in [0.4, 0.5) is 5.69 Å². The van der Waals surface area contributed by atoms with E-state index in [1.807, 2.05) is 12.1 Å². The molecule has 0 heterocycles. The van der Waals surface area contributed by atoms with Crippen LogP contribution in [0.25, 0.3) is 6.08 Å². The molecule has 2 aromatic rings. The van der Waals surface area contributed by atoms with Gasteiger partial charge >= 0.3 is 5.97 Å². The first kappa shape index (κ1) is 18.7. The van der Waals surface area contributed by atoms with Crippen molar-refractivity contribution in [1.29, 1.82) is 0 Å². The first-order valence-corrected chi connectivity index (χ1v) is 9.21. The first-order valence-electron chi connectivity index (χ1n) is 7.72. The molecular formula is C19H21NO4S. The summed E-state index contributed by atoms with van der Waals surface area (Å²) in [4.78, 5) is 10.7. The molecule has 0 saturated carbocycles. The minimum atomic E-state index is -3.68. The molecule has 0 aromatic heterocycles. The lowest BCUT2D eigenvalue weighted by molar-refractivity contribution is -0.131. The third-order valence-electron chi connectivity index (χ3n) is 3.61. The first-order chi connectivity index (χ1) is 11.6. The fraction of sp³-hybridized carbons (Fsp3) is 0.211. The molecule has 0 saturated heterocycles. The van der Waals surface area contributed by atoms with Gasteiger partial charge in [-0.25, -0.2) is 13.2 Å². The van der Waals surface area contributed by atoms with Gasteiger partial charge in [-0.3, -0.25) is 4.72 Å². The molecule has 0 radical (unpaired) electrons. The third kappa shape index (κ3) is 5.19. The summed E-state index contributed by atoms with van der Waals surface area (Å²) in [6.07, 6.45) is 2.46. The Bertz CT molecular complexity index is 875. The van der Waals surface area contributed by atoms with Crippen LogP contribution in [-0.2, 0) is 20.2 Å². The summed E-state index contributed by atoms with van der Waals surface area (Å²) in [5.41, 5.74) is 2.09. The number of sulfonamides is 1. The largest absolute Gasteiger partial charge is 0.478 e. The molecule has 0 aliphatic heterocycles. The summed E-state index contributed by atoms with van der Waals surface area (Å²) < 4.78 is 27.4. The Kier molecular flexibility index (Phi) is 5.33. The zero-order valence-corrected chi connectivity index (χ0v) is 15.2. The molecule has 2 aromatic carbocycles. The summed E-state index contributed by atoms with van der Waals surface area (Å²) in [6, 6.07) is 13.3. The molecule has 0 atom stereocenters. The molecule has 0 aliphatic carbocycles. The summed E-state index contributed by atoms with van der Waals surface area (Å²) in [7, 11) is -3.68. The number of hydrogen-bond acceptors (Lipinski definition) is 3. The number of benzene rings is 2. The van der Waals surface area contributed by atoms with Crippen molar-refractivity contribution in [2.45, 2.75) is 31.1 Å². The van der Waals surface area contributed by atoms with Crippen molar-refractivity contribution in [3.05, 3.63) is 65.7 Å². The second-order valence-electron chi connectivity index (χ2n) is 6.67. The Morgan fingerprint density at radius 2 is 1.56 bits per heavy atom. The Morgan fingerprint density at radius 3 is 2.04 bits per heavy atom. The SMILES string of the molecule is CC(C)(C)c1ccc(S(=O)(=O)Nc2ccc(/C=C/C(=O)O)cc2)cc1. The summed E-state index contributed by atoms with van der Waals surface area (Å²) in [6.45, 7) is 6.19. The highest BCUT2D eigenvalue weighted by atomic mass is 32.2. The number of nitrogens with one attached hydrogen (secondary N) is 1. The van der Waals surface area contributed by atoms with Gasteiger partial charge in [0.05, 0.1) is 4.90 Å². The maximum absolute atomic E-state index is 12.5. The normalized spacial score (nSPS) is 12.3. The Morgan fingerprint density at radius 1 is 1.00 bits per heavy atom. The summed E-state index contributed by atoms with van der Waals surface area (Å²) >= 11 is 0.